The maximum atomic E-state index is 6.10. The van der Waals surface area contributed by atoms with Crippen LogP contribution in [0, 0.1) is 0 Å². The fourth-order valence-corrected chi connectivity index (χ4v) is 3.31. The van der Waals surface area contributed by atoms with Crippen molar-refractivity contribution in [2.24, 2.45) is 0 Å². The fraction of sp³-hybridized carbons (Fsp3) is 1.00. The van der Waals surface area contributed by atoms with E-state index in [1.165, 1.54) is 0 Å². The van der Waals surface area contributed by atoms with Gasteiger partial charge in [-0.15, -0.1) is 0 Å². The Morgan fingerprint density at radius 3 is 2.29 bits per heavy atom. The third-order valence-corrected chi connectivity index (χ3v) is 3.89. The Balaban J connectivity index is 1.73. The van der Waals surface area contributed by atoms with Crippen molar-refractivity contribution in [2.75, 3.05) is 6.61 Å². The van der Waals surface area contributed by atoms with Gasteiger partial charge >= 0.3 is 0 Å². The van der Waals surface area contributed by atoms with Crippen LogP contribution in [0.5, 0.6) is 0 Å². The molecule has 3 fully saturated rings. The van der Waals surface area contributed by atoms with E-state index < -0.39 is 11.6 Å². The van der Waals surface area contributed by atoms with Gasteiger partial charge in [-0.05, 0) is 40.5 Å². The molecule has 0 unspecified atom stereocenters. The molecule has 0 aromatic carbocycles. The van der Waals surface area contributed by atoms with Crippen LogP contribution in [-0.4, -0.2) is 36.0 Å². The van der Waals surface area contributed by atoms with Gasteiger partial charge in [-0.3, -0.25) is 0 Å². The van der Waals surface area contributed by atoms with E-state index in [2.05, 4.69) is 0 Å². The van der Waals surface area contributed by atoms with E-state index >= 15 is 0 Å². The first-order valence-electron chi connectivity index (χ1n) is 6.49. The van der Waals surface area contributed by atoms with E-state index in [-0.39, 0.29) is 17.8 Å². The van der Waals surface area contributed by atoms with Gasteiger partial charge in [0.05, 0.1) is 24.4 Å². The third kappa shape index (κ3) is 2.12. The molecule has 0 bridgehead atoms. The molecule has 3 rings (SSSR count). The molecule has 98 valence electrons. The monoisotopic (exact) mass is 242 g/mol. The zero-order valence-corrected chi connectivity index (χ0v) is 11.1. The second kappa shape index (κ2) is 3.44. The average molecular weight is 242 g/mol. The molecule has 0 aromatic heterocycles. The van der Waals surface area contributed by atoms with Crippen molar-refractivity contribution < 1.29 is 18.9 Å². The summed E-state index contributed by atoms with van der Waals surface area (Å²) in [7, 11) is 0. The molecule has 0 radical (unpaired) electrons. The van der Waals surface area contributed by atoms with Gasteiger partial charge in [-0.25, -0.2) is 0 Å². The number of rotatable bonds is 0. The number of hydrogen-bond donors (Lipinski definition) is 0. The van der Waals surface area contributed by atoms with Crippen LogP contribution in [0.2, 0.25) is 0 Å². The van der Waals surface area contributed by atoms with Gasteiger partial charge in [0.2, 0.25) is 0 Å². The topological polar surface area (TPSA) is 36.9 Å². The molecule has 4 nitrogen and oxygen atoms in total. The van der Waals surface area contributed by atoms with E-state index in [9.17, 15) is 0 Å². The van der Waals surface area contributed by atoms with Crippen LogP contribution >= 0.6 is 0 Å². The van der Waals surface area contributed by atoms with Crippen molar-refractivity contribution in [3.63, 3.8) is 0 Å². The second-order valence-electron chi connectivity index (χ2n) is 6.43. The van der Waals surface area contributed by atoms with Crippen LogP contribution in [0.25, 0.3) is 0 Å². The van der Waals surface area contributed by atoms with Gasteiger partial charge in [-0.1, -0.05) is 0 Å². The molecule has 1 saturated carbocycles. The minimum absolute atomic E-state index is 0.149. The third-order valence-electron chi connectivity index (χ3n) is 3.89. The maximum absolute atomic E-state index is 6.10. The molecule has 2 heterocycles. The van der Waals surface area contributed by atoms with Crippen LogP contribution in [0.15, 0.2) is 0 Å². The fourth-order valence-electron chi connectivity index (χ4n) is 3.31. The SMILES string of the molecule is CC1(C)O[C@H]2C[C@]3(CC[C@H]2O1)COC(C)(C)O3. The van der Waals surface area contributed by atoms with E-state index in [0.29, 0.717) is 6.61 Å². The summed E-state index contributed by atoms with van der Waals surface area (Å²) >= 11 is 0. The van der Waals surface area contributed by atoms with Gasteiger partial charge in [0, 0.05) is 6.42 Å². The summed E-state index contributed by atoms with van der Waals surface area (Å²) in [6.45, 7) is 8.59. The largest absolute Gasteiger partial charge is 0.347 e. The number of fused-ring (bicyclic) bond motifs is 1. The minimum atomic E-state index is -0.457. The Kier molecular flexibility index (Phi) is 2.41. The van der Waals surface area contributed by atoms with E-state index in [1.807, 2.05) is 27.7 Å². The normalized spacial score (nSPS) is 47.3. The van der Waals surface area contributed by atoms with Crippen molar-refractivity contribution in [3.8, 4) is 0 Å². The summed E-state index contributed by atoms with van der Waals surface area (Å²) in [5.41, 5.74) is -0.158. The highest BCUT2D eigenvalue weighted by atomic mass is 16.8. The lowest BCUT2D eigenvalue weighted by Crippen LogP contribution is -2.45. The first kappa shape index (κ1) is 11.9. The Morgan fingerprint density at radius 1 is 0.941 bits per heavy atom. The quantitative estimate of drug-likeness (QED) is 0.652. The predicted molar refractivity (Wildman–Crippen MR) is 61.5 cm³/mol. The molecule has 1 spiro atoms. The lowest BCUT2D eigenvalue weighted by Gasteiger charge is -2.37. The Bertz CT molecular complexity index is 323. The summed E-state index contributed by atoms with van der Waals surface area (Å²) < 4.78 is 23.6. The molecule has 2 saturated heterocycles. The highest BCUT2D eigenvalue weighted by molar-refractivity contribution is 4.99. The maximum Gasteiger partial charge on any atom is 0.163 e. The molecule has 17 heavy (non-hydrogen) atoms. The molecule has 1 aliphatic carbocycles. The minimum Gasteiger partial charge on any atom is -0.347 e. The summed E-state index contributed by atoms with van der Waals surface area (Å²) in [6.07, 6.45) is 3.24. The van der Waals surface area contributed by atoms with E-state index in [1.54, 1.807) is 0 Å². The molecule has 0 N–H and O–H groups in total. The van der Waals surface area contributed by atoms with E-state index in [0.717, 1.165) is 19.3 Å². The lowest BCUT2D eigenvalue weighted by atomic mass is 9.82. The molecule has 0 aromatic rings. The van der Waals surface area contributed by atoms with Crippen molar-refractivity contribution in [1.29, 1.82) is 0 Å². The van der Waals surface area contributed by atoms with Crippen molar-refractivity contribution >= 4 is 0 Å². The van der Waals surface area contributed by atoms with Gasteiger partial charge in [0.25, 0.3) is 0 Å². The summed E-state index contributed by atoms with van der Waals surface area (Å²) in [4.78, 5) is 0. The van der Waals surface area contributed by atoms with Gasteiger partial charge in [0.1, 0.15) is 0 Å². The molecule has 2 aliphatic heterocycles. The Labute approximate surface area is 103 Å². The predicted octanol–water partition coefficient (Wildman–Crippen LogP) is 2.21. The summed E-state index contributed by atoms with van der Waals surface area (Å²) in [5.74, 6) is -0.905. The van der Waals surface area contributed by atoms with Crippen molar-refractivity contribution in [1.82, 2.24) is 0 Å². The molecular formula is C13H22O4. The zero-order valence-electron chi connectivity index (χ0n) is 11.1. The smallest absolute Gasteiger partial charge is 0.163 e. The van der Waals surface area contributed by atoms with Crippen LogP contribution in [0.4, 0.5) is 0 Å². The van der Waals surface area contributed by atoms with Crippen LogP contribution < -0.4 is 0 Å². The van der Waals surface area contributed by atoms with Crippen molar-refractivity contribution in [2.45, 2.75) is 76.3 Å². The van der Waals surface area contributed by atoms with Gasteiger partial charge < -0.3 is 18.9 Å². The first-order valence-corrected chi connectivity index (χ1v) is 6.49. The van der Waals surface area contributed by atoms with Crippen LogP contribution in [0.1, 0.15) is 47.0 Å². The zero-order chi connectivity index (χ0) is 12.3. The average Bonchev–Trinajstić information content (AvgIpc) is 2.62. The molecular weight excluding hydrogens is 220 g/mol. The molecule has 3 aliphatic rings. The standard InChI is InChI=1S/C13H22O4/c1-11(2)14-8-13(17-11)6-5-9-10(7-13)16-12(3,4)15-9/h9-10H,5-8H2,1-4H3/t9-,10+,13-/m1/s1. The summed E-state index contributed by atoms with van der Waals surface area (Å²) in [6, 6.07) is 0. The highest BCUT2D eigenvalue weighted by Gasteiger charge is 2.54. The molecule has 4 heteroatoms. The highest BCUT2D eigenvalue weighted by Crippen LogP contribution is 2.46. The first-order chi connectivity index (χ1) is 7.79. The molecule has 0 amide bonds. The summed E-state index contributed by atoms with van der Waals surface area (Å²) in [5, 5.41) is 0. The number of ether oxygens (including phenoxy) is 4. The Hall–Kier alpha value is -0.160. The van der Waals surface area contributed by atoms with Crippen LogP contribution in [-0.2, 0) is 18.9 Å². The molecule has 3 atom stereocenters. The Morgan fingerprint density at radius 2 is 1.65 bits per heavy atom. The number of hydrogen-bond acceptors (Lipinski definition) is 4. The van der Waals surface area contributed by atoms with E-state index in [4.69, 9.17) is 18.9 Å². The lowest BCUT2D eigenvalue weighted by molar-refractivity contribution is -0.177. The van der Waals surface area contributed by atoms with Gasteiger partial charge in [-0.2, -0.15) is 0 Å². The second-order valence-corrected chi connectivity index (χ2v) is 6.43. The van der Waals surface area contributed by atoms with Gasteiger partial charge in [0.15, 0.2) is 11.6 Å². The van der Waals surface area contributed by atoms with Crippen LogP contribution in [0.3, 0.4) is 0 Å². The van der Waals surface area contributed by atoms with Crippen molar-refractivity contribution in [3.05, 3.63) is 0 Å².